The van der Waals surface area contributed by atoms with Gasteiger partial charge >= 0.3 is 0 Å². The first-order valence-electron chi connectivity index (χ1n) is 9.64. The molecule has 1 unspecified atom stereocenters. The van der Waals surface area contributed by atoms with E-state index in [1.807, 2.05) is 49.3 Å². The first-order chi connectivity index (χ1) is 14.5. The molecule has 1 aliphatic rings. The van der Waals surface area contributed by atoms with Crippen molar-refractivity contribution in [3.05, 3.63) is 48.3 Å². The van der Waals surface area contributed by atoms with Crippen molar-refractivity contribution >= 4 is 17.3 Å². The Labute approximate surface area is 175 Å². The van der Waals surface area contributed by atoms with Crippen LogP contribution in [0.15, 0.2) is 47.0 Å². The van der Waals surface area contributed by atoms with Crippen LogP contribution in [0.1, 0.15) is 18.2 Å². The molecule has 3 aromatic rings. The molecule has 0 spiro atoms. The normalized spacial score (nSPS) is 16.1. The number of carbonyl (C=O) groups excluding carboxylic acids is 1. The predicted molar refractivity (Wildman–Crippen MR) is 113 cm³/mol. The van der Waals surface area contributed by atoms with Crippen LogP contribution in [0.4, 0.5) is 11.4 Å². The maximum Gasteiger partial charge on any atom is 0.258 e. The van der Waals surface area contributed by atoms with Gasteiger partial charge in [-0.3, -0.25) is 4.79 Å². The molecule has 8 heteroatoms. The minimum Gasteiger partial charge on any atom is -0.493 e. The number of aromatic nitrogens is 2. The third kappa shape index (κ3) is 3.68. The SMILES string of the molecule is COc1ccc(N2CC(c3noc(-c4cccc(N(C)C)c4)n3)CC2=O)cc1OC. The van der Waals surface area contributed by atoms with Crippen LogP contribution >= 0.6 is 0 Å². The number of methoxy groups -OCH3 is 2. The van der Waals surface area contributed by atoms with Crippen molar-refractivity contribution in [2.75, 3.05) is 44.7 Å². The van der Waals surface area contributed by atoms with Crippen LogP contribution in [0.3, 0.4) is 0 Å². The highest BCUT2D eigenvalue weighted by molar-refractivity contribution is 5.96. The van der Waals surface area contributed by atoms with E-state index in [-0.39, 0.29) is 11.8 Å². The molecule has 30 heavy (non-hydrogen) atoms. The number of nitrogens with zero attached hydrogens (tertiary/aromatic N) is 4. The summed E-state index contributed by atoms with van der Waals surface area (Å²) in [6.45, 7) is 0.477. The van der Waals surface area contributed by atoms with E-state index < -0.39 is 0 Å². The Balaban J connectivity index is 1.55. The largest absolute Gasteiger partial charge is 0.493 e. The van der Waals surface area contributed by atoms with E-state index in [0.717, 1.165) is 16.9 Å². The fourth-order valence-electron chi connectivity index (χ4n) is 3.56. The van der Waals surface area contributed by atoms with E-state index in [0.29, 0.717) is 36.2 Å². The molecule has 1 saturated heterocycles. The molecule has 2 heterocycles. The predicted octanol–water partition coefficient (Wildman–Crippen LogP) is 3.34. The lowest BCUT2D eigenvalue weighted by Crippen LogP contribution is -2.24. The molecule has 1 amide bonds. The Hall–Kier alpha value is -3.55. The summed E-state index contributed by atoms with van der Waals surface area (Å²) in [6, 6.07) is 13.3. The third-order valence-corrected chi connectivity index (χ3v) is 5.22. The number of hydrogen-bond donors (Lipinski definition) is 0. The van der Waals surface area contributed by atoms with Crippen LogP contribution in [0, 0.1) is 0 Å². The summed E-state index contributed by atoms with van der Waals surface area (Å²) in [5.74, 6) is 2.05. The van der Waals surface area contributed by atoms with Crippen molar-refractivity contribution in [2.45, 2.75) is 12.3 Å². The average Bonchev–Trinajstić information content (AvgIpc) is 3.40. The van der Waals surface area contributed by atoms with Crippen LogP contribution in [0.5, 0.6) is 11.5 Å². The van der Waals surface area contributed by atoms with Crippen molar-refractivity contribution in [3.8, 4) is 23.0 Å². The second-order valence-electron chi connectivity index (χ2n) is 7.35. The molecular weight excluding hydrogens is 384 g/mol. The van der Waals surface area contributed by atoms with Gasteiger partial charge in [-0.25, -0.2) is 0 Å². The molecule has 156 valence electrons. The number of amides is 1. The smallest absolute Gasteiger partial charge is 0.258 e. The number of benzene rings is 2. The molecule has 1 aromatic heterocycles. The number of rotatable bonds is 6. The van der Waals surface area contributed by atoms with E-state index in [1.165, 1.54) is 0 Å². The van der Waals surface area contributed by atoms with Gasteiger partial charge in [-0.2, -0.15) is 4.98 Å². The van der Waals surface area contributed by atoms with Gasteiger partial charge < -0.3 is 23.8 Å². The van der Waals surface area contributed by atoms with Crippen LogP contribution in [0.25, 0.3) is 11.5 Å². The van der Waals surface area contributed by atoms with Crippen LogP contribution in [-0.4, -0.2) is 50.9 Å². The Bertz CT molecular complexity index is 1060. The third-order valence-electron chi connectivity index (χ3n) is 5.22. The molecule has 0 radical (unpaired) electrons. The van der Waals surface area contributed by atoms with Crippen molar-refractivity contribution in [2.24, 2.45) is 0 Å². The van der Waals surface area contributed by atoms with Gasteiger partial charge in [0.1, 0.15) is 0 Å². The lowest BCUT2D eigenvalue weighted by Gasteiger charge is -2.18. The fraction of sp³-hybridized carbons (Fsp3) is 0.318. The molecule has 2 aromatic carbocycles. The molecule has 1 atom stereocenters. The van der Waals surface area contributed by atoms with Crippen molar-refractivity contribution in [1.29, 1.82) is 0 Å². The minimum atomic E-state index is -0.139. The molecule has 1 aliphatic heterocycles. The van der Waals surface area contributed by atoms with E-state index in [4.69, 9.17) is 14.0 Å². The van der Waals surface area contributed by atoms with Gasteiger partial charge in [0.2, 0.25) is 5.91 Å². The van der Waals surface area contributed by atoms with Gasteiger partial charge in [-0.15, -0.1) is 0 Å². The highest BCUT2D eigenvalue weighted by Crippen LogP contribution is 2.36. The summed E-state index contributed by atoms with van der Waals surface area (Å²) in [5.41, 5.74) is 2.64. The van der Waals surface area contributed by atoms with Crippen LogP contribution in [-0.2, 0) is 4.79 Å². The number of anilines is 2. The Kier molecular flexibility index (Phi) is 5.31. The van der Waals surface area contributed by atoms with E-state index in [2.05, 4.69) is 10.1 Å². The highest BCUT2D eigenvalue weighted by atomic mass is 16.5. The molecule has 1 fully saturated rings. The standard InChI is InChI=1S/C22H24N4O4/c1-25(2)16-7-5-6-14(10-16)22-23-21(24-30-22)15-11-20(27)26(13-15)17-8-9-18(28-3)19(12-17)29-4/h5-10,12,15H,11,13H2,1-4H3. The molecule has 4 rings (SSSR count). The van der Waals surface area contributed by atoms with E-state index in [9.17, 15) is 4.79 Å². The molecular formula is C22H24N4O4. The quantitative estimate of drug-likeness (QED) is 0.619. The molecule has 0 saturated carbocycles. The zero-order valence-corrected chi connectivity index (χ0v) is 17.5. The fourth-order valence-corrected chi connectivity index (χ4v) is 3.56. The maximum atomic E-state index is 12.7. The van der Waals surface area contributed by atoms with Crippen molar-refractivity contribution in [1.82, 2.24) is 10.1 Å². The summed E-state index contributed by atoms with van der Waals surface area (Å²) in [4.78, 5) is 21.0. The van der Waals surface area contributed by atoms with E-state index >= 15 is 0 Å². The lowest BCUT2D eigenvalue weighted by molar-refractivity contribution is -0.117. The summed E-state index contributed by atoms with van der Waals surface area (Å²) in [7, 11) is 7.11. The van der Waals surface area contributed by atoms with Crippen molar-refractivity contribution in [3.63, 3.8) is 0 Å². The molecule has 0 aliphatic carbocycles. The van der Waals surface area contributed by atoms with Crippen LogP contribution in [0.2, 0.25) is 0 Å². The van der Waals surface area contributed by atoms with Gasteiger partial charge in [-0.05, 0) is 30.3 Å². The van der Waals surface area contributed by atoms with Gasteiger partial charge in [-0.1, -0.05) is 11.2 Å². The zero-order chi connectivity index (χ0) is 21.3. The van der Waals surface area contributed by atoms with Crippen LogP contribution < -0.4 is 19.3 Å². The number of hydrogen-bond acceptors (Lipinski definition) is 7. The second kappa shape index (κ2) is 8.06. The Morgan fingerprint density at radius 1 is 1.10 bits per heavy atom. The lowest BCUT2D eigenvalue weighted by atomic mass is 10.1. The Morgan fingerprint density at radius 2 is 1.90 bits per heavy atom. The highest BCUT2D eigenvalue weighted by Gasteiger charge is 2.35. The zero-order valence-electron chi connectivity index (χ0n) is 17.5. The van der Waals surface area contributed by atoms with E-state index in [1.54, 1.807) is 31.3 Å². The maximum absolute atomic E-state index is 12.7. The van der Waals surface area contributed by atoms with Gasteiger partial charge in [0, 0.05) is 56.0 Å². The molecule has 0 N–H and O–H groups in total. The molecule has 8 nitrogen and oxygen atoms in total. The first-order valence-corrected chi connectivity index (χ1v) is 9.64. The summed E-state index contributed by atoms with van der Waals surface area (Å²) in [5, 5.41) is 4.15. The van der Waals surface area contributed by atoms with Gasteiger partial charge in [0.15, 0.2) is 17.3 Å². The second-order valence-corrected chi connectivity index (χ2v) is 7.35. The van der Waals surface area contributed by atoms with Gasteiger partial charge in [0.05, 0.1) is 14.2 Å². The molecule has 0 bridgehead atoms. The van der Waals surface area contributed by atoms with Crippen molar-refractivity contribution < 1.29 is 18.8 Å². The summed E-state index contributed by atoms with van der Waals surface area (Å²) in [6.07, 6.45) is 0.324. The monoisotopic (exact) mass is 408 g/mol. The minimum absolute atomic E-state index is 0.00757. The van der Waals surface area contributed by atoms with Gasteiger partial charge in [0.25, 0.3) is 5.89 Å². The number of carbonyl (C=O) groups is 1. The number of ether oxygens (including phenoxy) is 2. The summed E-state index contributed by atoms with van der Waals surface area (Å²) >= 11 is 0. The Morgan fingerprint density at radius 3 is 2.63 bits per heavy atom. The topological polar surface area (TPSA) is 80.9 Å². The average molecular weight is 408 g/mol. The first kappa shape index (κ1) is 19.8. The summed E-state index contributed by atoms with van der Waals surface area (Å²) < 4.78 is 16.1.